The van der Waals surface area contributed by atoms with Crippen molar-refractivity contribution in [2.45, 2.75) is 20.3 Å². The zero-order chi connectivity index (χ0) is 15.5. The lowest BCUT2D eigenvalue weighted by Crippen LogP contribution is -2.47. The molecule has 0 saturated carbocycles. The van der Waals surface area contributed by atoms with Gasteiger partial charge in [-0.15, -0.1) is 0 Å². The fourth-order valence-electron chi connectivity index (χ4n) is 2.45. The predicted molar refractivity (Wildman–Crippen MR) is 85.4 cm³/mol. The van der Waals surface area contributed by atoms with E-state index in [1.54, 1.807) is 0 Å². The largest absolute Gasteiger partial charge is 0.387 e. The minimum atomic E-state index is -0.228. The SMILES string of the molecule is CC(C)(CCN1CCN(c2ccc(F)cc2)CC1)C(=N)N. The maximum Gasteiger partial charge on any atom is 0.123 e. The molecule has 1 aliphatic heterocycles. The van der Waals surface area contributed by atoms with E-state index in [0.717, 1.165) is 44.8 Å². The standard InChI is InChI=1S/C16H25FN4/c1-16(2,15(18)19)7-8-20-9-11-21(12-10-20)14-5-3-13(17)4-6-14/h3-6H,7-12H2,1-2H3,(H3,18,19). The summed E-state index contributed by atoms with van der Waals surface area (Å²) in [6.07, 6.45) is 0.902. The van der Waals surface area contributed by atoms with Crippen molar-refractivity contribution in [3.8, 4) is 0 Å². The maximum absolute atomic E-state index is 12.9. The summed E-state index contributed by atoms with van der Waals surface area (Å²) in [7, 11) is 0. The van der Waals surface area contributed by atoms with Crippen LogP contribution in [0.3, 0.4) is 0 Å². The third-order valence-corrected chi connectivity index (χ3v) is 4.35. The van der Waals surface area contributed by atoms with Crippen molar-refractivity contribution in [1.29, 1.82) is 5.41 Å². The van der Waals surface area contributed by atoms with Gasteiger partial charge in [-0.05, 0) is 37.2 Å². The Labute approximate surface area is 126 Å². The van der Waals surface area contributed by atoms with E-state index < -0.39 is 0 Å². The van der Waals surface area contributed by atoms with Gasteiger partial charge in [-0.1, -0.05) is 13.8 Å². The molecule has 4 nitrogen and oxygen atoms in total. The first-order valence-electron chi connectivity index (χ1n) is 7.46. The van der Waals surface area contributed by atoms with Crippen LogP contribution in [0.4, 0.5) is 10.1 Å². The minimum absolute atomic E-state index is 0.191. The predicted octanol–water partition coefficient (Wildman–Crippen LogP) is 2.30. The number of hydrogen-bond donors (Lipinski definition) is 2. The summed E-state index contributed by atoms with van der Waals surface area (Å²) in [6, 6.07) is 6.70. The van der Waals surface area contributed by atoms with Gasteiger partial charge in [0.2, 0.25) is 0 Å². The number of anilines is 1. The fraction of sp³-hybridized carbons (Fsp3) is 0.562. The molecule has 0 amide bonds. The molecule has 2 rings (SSSR count). The van der Waals surface area contributed by atoms with Gasteiger partial charge in [-0.25, -0.2) is 4.39 Å². The molecule has 0 bridgehead atoms. The Hall–Kier alpha value is -1.62. The number of amidine groups is 1. The molecule has 0 aliphatic carbocycles. The van der Waals surface area contributed by atoms with Gasteiger partial charge in [0, 0.05) is 37.3 Å². The van der Waals surface area contributed by atoms with E-state index in [0.29, 0.717) is 0 Å². The zero-order valence-electron chi connectivity index (χ0n) is 12.9. The van der Waals surface area contributed by atoms with Crippen molar-refractivity contribution in [2.24, 2.45) is 11.1 Å². The smallest absolute Gasteiger partial charge is 0.123 e. The number of nitrogens with zero attached hydrogens (tertiary/aromatic N) is 2. The number of rotatable bonds is 5. The number of benzene rings is 1. The van der Waals surface area contributed by atoms with Gasteiger partial charge in [-0.2, -0.15) is 0 Å². The molecule has 21 heavy (non-hydrogen) atoms. The summed E-state index contributed by atoms with van der Waals surface area (Å²) in [5.41, 5.74) is 6.48. The summed E-state index contributed by atoms with van der Waals surface area (Å²) in [5, 5.41) is 7.60. The number of hydrogen-bond acceptors (Lipinski definition) is 3. The second-order valence-corrected chi connectivity index (χ2v) is 6.35. The number of nitrogens with one attached hydrogen (secondary N) is 1. The molecular weight excluding hydrogens is 267 g/mol. The highest BCUT2D eigenvalue weighted by Crippen LogP contribution is 2.21. The van der Waals surface area contributed by atoms with Gasteiger partial charge in [0.25, 0.3) is 0 Å². The van der Waals surface area contributed by atoms with Gasteiger partial charge in [-0.3, -0.25) is 10.3 Å². The Balaban J connectivity index is 1.81. The zero-order valence-corrected chi connectivity index (χ0v) is 12.9. The van der Waals surface area contributed by atoms with Crippen LogP contribution in [0, 0.1) is 16.6 Å². The van der Waals surface area contributed by atoms with Crippen LogP contribution in [0.1, 0.15) is 20.3 Å². The van der Waals surface area contributed by atoms with Gasteiger partial charge >= 0.3 is 0 Å². The Kier molecular flexibility index (Phi) is 4.83. The van der Waals surface area contributed by atoms with E-state index in [-0.39, 0.29) is 17.1 Å². The van der Waals surface area contributed by atoms with E-state index in [9.17, 15) is 4.39 Å². The number of halogens is 1. The van der Waals surface area contributed by atoms with Crippen molar-refractivity contribution >= 4 is 11.5 Å². The van der Waals surface area contributed by atoms with E-state index in [2.05, 4.69) is 9.80 Å². The summed E-state index contributed by atoms with van der Waals surface area (Å²) in [4.78, 5) is 4.69. The third kappa shape index (κ3) is 4.17. The fourth-order valence-corrected chi connectivity index (χ4v) is 2.45. The highest BCUT2D eigenvalue weighted by molar-refractivity contribution is 5.82. The molecule has 0 aromatic heterocycles. The molecule has 1 fully saturated rings. The molecule has 0 unspecified atom stereocenters. The van der Waals surface area contributed by atoms with Crippen LogP contribution < -0.4 is 10.6 Å². The first kappa shape index (κ1) is 15.8. The van der Waals surface area contributed by atoms with Crippen LogP contribution in [0.5, 0.6) is 0 Å². The molecule has 1 aromatic rings. The van der Waals surface area contributed by atoms with Crippen molar-refractivity contribution in [3.63, 3.8) is 0 Å². The Bertz CT molecular complexity index is 476. The maximum atomic E-state index is 12.9. The summed E-state index contributed by atoms with van der Waals surface area (Å²) in [6.45, 7) is 8.88. The van der Waals surface area contributed by atoms with Crippen molar-refractivity contribution in [1.82, 2.24) is 4.90 Å². The molecule has 1 heterocycles. The molecule has 0 atom stereocenters. The van der Waals surface area contributed by atoms with Crippen LogP contribution in [-0.4, -0.2) is 43.5 Å². The van der Waals surface area contributed by atoms with Crippen LogP contribution in [-0.2, 0) is 0 Å². The molecule has 0 radical (unpaired) electrons. The topological polar surface area (TPSA) is 56.4 Å². The van der Waals surface area contributed by atoms with Crippen molar-refractivity contribution in [2.75, 3.05) is 37.6 Å². The normalized spacial score (nSPS) is 17.0. The van der Waals surface area contributed by atoms with Crippen molar-refractivity contribution < 1.29 is 4.39 Å². The number of nitrogens with two attached hydrogens (primary N) is 1. The average Bonchev–Trinajstić information content (AvgIpc) is 2.46. The van der Waals surface area contributed by atoms with Gasteiger partial charge in [0.15, 0.2) is 0 Å². The quantitative estimate of drug-likeness (QED) is 0.647. The molecule has 0 spiro atoms. The molecule has 3 N–H and O–H groups in total. The Morgan fingerprint density at radius 3 is 2.29 bits per heavy atom. The molecule has 116 valence electrons. The van der Waals surface area contributed by atoms with Crippen LogP contribution in [0.25, 0.3) is 0 Å². The Morgan fingerprint density at radius 2 is 1.76 bits per heavy atom. The first-order chi connectivity index (χ1) is 9.88. The molecule has 1 aliphatic rings. The van der Waals surface area contributed by atoms with Crippen LogP contribution >= 0.6 is 0 Å². The molecule has 1 aromatic carbocycles. The molecule has 1 saturated heterocycles. The number of piperazine rings is 1. The van der Waals surface area contributed by atoms with E-state index in [1.165, 1.54) is 12.1 Å². The van der Waals surface area contributed by atoms with E-state index in [1.807, 2.05) is 26.0 Å². The minimum Gasteiger partial charge on any atom is -0.387 e. The summed E-state index contributed by atoms with van der Waals surface area (Å²) < 4.78 is 12.9. The summed E-state index contributed by atoms with van der Waals surface area (Å²) >= 11 is 0. The molecular formula is C16H25FN4. The monoisotopic (exact) mass is 292 g/mol. The first-order valence-corrected chi connectivity index (χ1v) is 7.46. The average molecular weight is 292 g/mol. The lowest BCUT2D eigenvalue weighted by atomic mass is 9.88. The summed E-state index contributed by atoms with van der Waals surface area (Å²) in [5.74, 6) is 0.0660. The van der Waals surface area contributed by atoms with E-state index in [4.69, 9.17) is 11.1 Å². The van der Waals surface area contributed by atoms with Crippen LogP contribution in [0.15, 0.2) is 24.3 Å². The Morgan fingerprint density at radius 1 is 1.19 bits per heavy atom. The second kappa shape index (κ2) is 6.43. The lowest BCUT2D eigenvalue weighted by Gasteiger charge is -2.37. The second-order valence-electron chi connectivity index (χ2n) is 6.35. The lowest BCUT2D eigenvalue weighted by molar-refractivity contribution is 0.232. The highest BCUT2D eigenvalue weighted by atomic mass is 19.1. The van der Waals surface area contributed by atoms with Gasteiger partial charge in [0.05, 0.1) is 5.84 Å². The van der Waals surface area contributed by atoms with Crippen molar-refractivity contribution in [3.05, 3.63) is 30.1 Å². The molecule has 5 heteroatoms. The van der Waals surface area contributed by atoms with Gasteiger partial charge in [0.1, 0.15) is 5.82 Å². The van der Waals surface area contributed by atoms with Gasteiger partial charge < -0.3 is 10.6 Å². The van der Waals surface area contributed by atoms with Crippen LogP contribution in [0.2, 0.25) is 0 Å². The highest BCUT2D eigenvalue weighted by Gasteiger charge is 2.24. The van der Waals surface area contributed by atoms with E-state index >= 15 is 0 Å². The third-order valence-electron chi connectivity index (χ3n) is 4.35.